The van der Waals surface area contributed by atoms with Crippen molar-refractivity contribution in [2.24, 2.45) is 0 Å². The molecule has 1 unspecified atom stereocenters. The van der Waals surface area contributed by atoms with Crippen LogP contribution < -0.4 is 10.1 Å². The number of ether oxygens (including phenoxy) is 2. The summed E-state index contributed by atoms with van der Waals surface area (Å²) < 4.78 is 10.2. The van der Waals surface area contributed by atoms with Gasteiger partial charge in [0.05, 0.1) is 7.11 Å². The molecule has 0 bridgehead atoms. The number of aromatic amines is 1. The normalized spacial score (nSPS) is 11.7. The number of rotatable bonds is 7. The van der Waals surface area contributed by atoms with Crippen LogP contribution in [0.1, 0.15) is 5.56 Å². The fourth-order valence-corrected chi connectivity index (χ4v) is 2.76. The maximum atomic E-state index is 12.2. The van der Waals surface area contributed by atoms with Crippen molar-refractivity contribution < 1.29 is 19.1 Å². The van der Waals surface area contributed by atoms with Gasteiger partial charge in [-0.15, -0.1) is 0 Å². The number of hydrogen-bond donors (Lipinski definition) is 2. The van der Waals surface area contributed by atoms with Crippen molar-refractivity contribution in [1.82, 2.24) is 10.3 Å². The van der Waals surface area contributed by atoms with Crippen LogP contribution in [0.15, 0.2) is 60.8 Å². The summed E-state index contributed by atoms with van der Waals surface area (Å²) >= 11 is 0. The molecule has 1 amide bonds. The molecule has 0 aliphatic rings. The van der Waals surface area contributed by atoms with Crippen LogP contribution in [-0.2, 0) is 20.7 Å². The maximum Gasteiger partial charge on any atom is 0.328 e. The molecule has 0 saturated carbocycles. The first-order chi connectivity index (χ1) is 12.7. The Bertz CT molecular complexity index is 889. The number of para-hydroxylation sites is 2. The Morgan fingerprint density at radius 2 is 1.81 bits per heavy atom. The number of carbonyl (C=O) groups excluding carboxylic acids is 2. The van der Waals surface area contributed by atoms with E-state index in [-0.39, 0.29) is 12.5 Å². The molecular weight excluding hydrogens is 332 g/mol. The smallest absolute Gasteiger partial charge is 0.328 e. The van der Waals surface area contributed by atoms with E-state index in [0.717, 1.165) is 16.5 Å². The summed E-state index contributed by atoms with van der Waals surface area (Å²) in [6.07, 6.45) is 2.17. The molecule has 6 heteroatoms. The summed E-state index contributed by atoms with van der Waals surface area (Å²) in [5.41, 5.74) is 1.91. The summed E-state index contributed by atoms with van der Waals surface area (Å²) in [4.78, 5) is 27.4. The second-order valence-electron chi connectivity index (χ2n) is 5.81. The molecule has 0 radical (unpaired) electrons. The van der Waals surface area contributed by atoms with E-state index in [0.29, 0.717) is 12.2 Å². The third-order valence-corrected chi connectivity index (χ3v) is 4.03. The van der Waals surface area contributed by atoms with Gasteiger partial charge in [-0.1, -0.05) is 36.4 Å². The number of amides is 1. The average Bonchev–Trinajstić information content (AvgIpc) is 3.09. The minimum absolute atomic E-state index is 0.175. The predicted molar refractivity (Wildman–Crippen MR) is 97.9 cm³/mol. The van der Waals surface area contributed by atoms with Crippen LogP contribution in [0.2, 0.25) is 0 Å². The van der Waals surface area contributed by atoms with Gasteiger partial charge in [0.25, 0.3) is 5.91 Å². The van der Waals surface area contributed by atoms with E-state index < -0.39 is 12.0 Å². The quantitative estimate of drug-likeness (QED) is 0.640. The summed E-state index contributed by atoms with van der Waals surface area (Å²) in [7, 11) is 1.30. The fraction of sp³-hybridized carbons (Fsp3) is 0.200. The first kappa shape index (κ1) is 17.5. The average molecular weight is 352 g/mol. The van der Waals surface area contributed by atoms with E-state index in [1.165, 1.54) is 7.11 Å². The van der Waals surface area contributed by atoms with Crippen LogP contribution in [0.5, 0.6) is 5.75 Å². The van der Waals surface area contributed by atoms with Crippen molar-refractivity contribution in [1.29, 1.82) is 0 Å². The van der Waals surface area contributed by atoms with E-state index in [4.69, 9.17) is 9.47 Å². The van der Waals surface area contributed by atoms with Gasteiger partial charge in [0.15, 0.2) is 6.61 Å². The number of nitrogens with one attached hydrogen (secondary N) is 2. The number of methoxy groups -OCH3 is 1. The highest BCUT2D eigenvalue weighted by atomic mass is 16.5. The molecule has 0 spiro atoms. The second-order valence-corrected chi connectivity index (χ2v) is 5.81. The molecule has 0 aliphatic heterocycles. The highest BCUT2D eigenvalue weighted by Gasteiger charge is 2.23. The number of hydrogen-bond acceptors (Lipinski definition) is 4. The number of H-pyrrole nitrogens is 1. The van der Waals surface area contributed by atoms with E-state index >= 15 is 0 Å². The summed E-state index contributed by atoms with van der Waals surface area (Å²) in [5.74, 6) is -0.290. The molecule has 0 saturated heterocycles. The van der Waals surface area contributed by atoms with Crippen molar-refractivity contribution in [2.45, 2.75) is 12.5 Å². The Kier molecular flexibility index (Phi) is 5.53. The lowest BCUT2D eigenvalue weighted by molar-refractivity contribution is -0.145. The van der Waals surface area contributed by atoms with Crippen molar-refractivity contribution in [3.8, 4) is 5.75 Å². The fourth-order valence-electron chi connectivity index (χ4n) is 2.76. The Balaban J connectivity index is 1.66. The molecule has 3 rings (SSSR count). The van der Waals surface area contributed by atoms with E-state index in [1.807, 2.05) is 48.7 Å². The van der Waals surface area contributed by atoms with Crippen molar-refractivity contribution in [3.63, 3.8) is 0 Å². The lowest BCUT2D eigenvalue weighted by Gasteiger charge is -2.16. The second kappa shape index (κ2) is 8.20. The first-order valence-electron chi connectivity index (χ1n) is 8.27. The van der Waals surface area contributed by atoms with Gasteiger partial charge in [-0.3, -0.25) is 4.79 Å². The zero-order chi connectivity index (χ0) is 18.4. The minimum atomic E-state index is -0.786. The maximum absolute atomic E-state index is 12.2. The minimum Gasteiger partial charge on any atom is -0.484 e. The molecule has 134 valence electrons. The van der Waals surface area contributed by atoms with Gasteiger partial charge in [-0.25, -0.2) is 4.79 Å². The molecule has 1 aromatic heterocycles. The summed E-state index contributed by atoms with van der Waals surface area (Å²) in [6.45, 7) is -0.175. The standard InChI is InChI=1S/C20H20N2O4/c1-25-20(24)18(11-14-12-21-17-10-6-5-9-16(14)17)22-19(23)13-26-15-7-3-2-4-8-15/h2-10,12,18,21H,11,13H2,1H3,(H,22,23). The third-order valence-electron chi connectivity index (χ3n) is 4.03. The van der Waals surface area contributed by atoms with Crippen LogP contribution in [-0.4, -0.2) is 36.6 Å². The molecule has 1 atom stereocenters. The highest BCUT2D eigenvalue weighted by molar-refractivity contribution is 5.87. The van der Waals surface area contributed by atoms with E-state index in [1.54, 1.807) is 12.1 Å². The van der Waals surface area contributed by atoms with Crippen LogP contribution in [0.4, 0.5) is 0 Å². The Morgan fingerprint density at radius 3 is 2.58 bits per heavy atom. The van der Waals surface area contributed by atoms with Gasteiger partial charge in [0.1, 0.15) is 11.8 Å². The zero-order valence-corrected chi connectivity index (χ0v) is 14.4. The largest absolute Gasteiger partial charge is 0.484 e. The zero-order valence-electron chi connectivity index (χ0n) is 14.4. The number of carbonyl (C=O) groups is 2. The first-order valence-corrected chi connectivity index (χ1v) is 8.27. The van der Waals surface area contributed by atoms with Gasteiger partial charge in [0, 0.05) is 23.5 Å². The topological polar surface area (TPSA) is 80.4 Å². The lowest BCUT2D eigenvalue weighted by Crippen LogP contribution is -2.44. The third kappa shape index (κ3) is 4.22. The van der Waals surface area contributed by atoms with Crippen LogP contribution in [0, 0.1) is 0 Å². The molecule has 1 heterocycles. The SMILES string of the molecule is COC(=O)C(Cc1c[nH]c2ccccc12)NC(=O)COc1ccccc1. The molecule has 3 aromatic rings. The van der Waals surface area contributed by atoms with Crippen molar-refractivity contribution in [3.05, 3.63) is 66.4 Å². The summed E-state index contributed by atoms with van der Waals surface area (Å²) in [5, 5.41) is 3.70. The molecular formula is C20H20N2O4. The molecule has 0 aliphatic carbocycles. The van der Waals surface area contributed by atoms with Crippen molar-refractivity contribution in [2.75, 3.05) is 13.7 Å². The van der Waals surface area contributed by atoms with Gasteiger partial charge in [-0.05, 0) is 23.8 Å². The number of fused-ring (bicyclic) bond motifs is 1. The van der Waals surface area contributed by atoms with Gasteiger partial charge in [-0.2, -0.15) is 0 Å². The Labute approximate surface area is 151 Å². The van der Waals surface area contributed by atoms with E-state index in [9.17, 15) is 9.59 Å². The number of esters is 1. The van der Waals surface area contributed by atoms with Crippen molar-refractivity contribution >= 4 is 22.8 Å². The van der Waals surface area contributed by atoms with Gasteiger partial charge in [0.2, 0.25) is 0 Å². The van der Waals surface area contributed by atoms with Gasteiger partial charge >= 0.3 is 5.97 Å². The van der Waals surface area contributed by atoms with E-state index in [2.05, 4.69) is 10.3 Å². The van der Waals surface area contributed by atoms with Gasteiger partial charge < -0.3 is 19.8 Å². The predicted octanol–water partition coefficient (Wildman–Crippen LogP) is 2.45. The molecule has 2 N–H and O–H groups in total. The van der Waals surface area contributed by atoms with Crippen LogP contribution >= 0.6 is 0 Å². The molecule has 26 heavy (non-hydrogen) atoms. The Hall–Kier alpha value is -3.28. The van der Waals surface area contributed by atoms with Crippen LogP contribution in [0.3, 0.4) is 0 Å². The number of benzene rings is 2. The molecule has 0 fully saturated rings. The highest BCUT2D eigenvalue weighted by Crippen LogP contribution is 2.19. The molecule has 6 nitrogen and oxygen atoms in total. The Morgan fingerprint density at radius 1 is 1.08 bits per heavy atom. The summed E-state index contributed by atoms with van der Waals surface area (Å²) in [6, 6.07) is 16.0. The van der Waals surface area contributed by atoms with Crippen LogP contribution in [0.25, 0.3) is 10.9 Å². The number of aromatic nitrogens is 1. The lowest BCUT2D eigenvalue weighted by atomic mass is 10.0. The molecule has 2 aromatic carbocycles. The monoisotopic (exact) mass is 352 g/mol.